The lowest BCUT2D eigenvalue weighted by molar-refractivity contribution is -0.120. The summed E-state index contributed by atoms with van der Waals surface area (Å²) in [6.45, 7) is 0.438. The van der Waals surface area contributed by atoms with Gasteiger partial charge >= 0.3 is 0 Å². The molecule has 0 spiro atoms. The van der Waals surface area contributed by atoms with Crippen LogP contribution in [0.4, 0.5) is 5.13 Å². The molecule has 148 valence electrons. The van der Waals surface area contributed by atoms with Crippen molar-refractivity contribution in [2.45, 2.75) is 18.9 Å². The maximum Gasteiger partial charge on any atom is 0.231 e. The Morgan fingerprint density at radius 1 is 1.18 bits per heavy atom. The third kappa shape index (κ3) is 5.75. The minimum absolute atomic E-state index is 0.0403. The van der Waals surface area contributed by atoms with Crippen molar-refractivity contribution in [1.29, 1.82) is 0 Å². The molecule has 0 saturated carbocycles. The van der Waals surface area contributed by atoms with Gasteiger partial charge in [-0.25, -0.2) is 4.98 Å². The molecule has 0 aliphatic heterocycles. The van der Waals surface area contributed by atoms with Crippen molar-refractivity contribution in [2.75, 3.05) is 26.0 Å². The van der Waals surface area contributed by atoms with Crippen molar-refractivity contribution in [1.82, 2.24) is 15.2 Å². The van der Waals surface area contributed by atoms with Crippen molar-refractivity contribution in [3.05, 3.63) is 57.6 Å². The summed E-state index contributed by atoms with van der Waals surface area (Å²) >= 11 is 2.86. The predicted molar refractivity (Wildman–Crippen MR) is 111 cm³/mol. The highest BCUT2D eigenvalue weighted by Crippen LogP contribution is 2.19. The van der Waals surface area contributed by atoms with E-state index < -0.39 is 0 Å². The van der Waals surface area contributed by atoms with E-state index in [2.05, 4.69) is 15.6 Å². The number of rotatable bonds is 9. The van der Waals surface area contributed by atoms with Crippen LogP contribution in [0.3, 0.4) is 0 Å². The first-order valence-electron chi connectivity index (χ1n) is 8.74. The van der Waals surface area contributed by atoms with E-state index in [4.69, 9.17) is 4.42 Å². The minimum Gasteiger partial charge on any atom is -0.468 e. The van der Waals surface area contributed by atoms with E-state index in [9.17, 15) is 9.59 Å². The van der Waals surface area contributed by atoms with Gasteiger partial charge in [0.15, 0.2) is 5.13 Å². The van der Waals surface area contributed by atoms with E-state index in [0.717, 1.165) is 10.6 Å². The topological polar surface area (TPSA) is 87.5 Å². The average Bonchev–Trinajstić information content (AvgIpc) is 3.38. The van der Waals surface area contributed by atoms with Crippen molar-refractivity contribution in [2.24, 2.45) is 0 Å². The smallest absolute Gasteiger partial charge is 0.231 e. The van der Waals surface area contributed by atoms with Crippen molar-refractivity contribution >= 4 is 39.6 Å². The molecule has 7 nitrogen and oxygen atoms in total. The van der Waals surface area contributed by atoms with Crippen LogP contribution in [0.1, 0.15) is 22.4 Å². The zero-order valence-corrected chi connectivity index (χ0v) is 17.3. The van der Waals surface area contributed by atoms with Gasteiger partial charge in [-0.05, 0) is 37.7 Å². The van der Waals surface area contributed by atoms with E-state index in [1.54, 1.807) is 23.0 Å². The summed E-state index contributed by atoms with van der Waals surface area (Å²) in [5, 5.41) is 9.93. The molecule has 9 heteroatoms. The standard InChI is InChI=1S/C19H22N4O3S2/c1-23(2)15(16-6-3-7-26-16)11-20-17(24)9-13-12-28-19(21-13)22-18(25)10-14-5-4-8-27-14/h3-8,12,15H,9-11H2,1-2H3,(H,20,24)(H,21,22,25). The van der Waals surface area contributed by atoms with E-state index >= 15 is 0 Å². The molecule has 0 saturated heterocycles. The molecule has 0 aliphatic carbocycles. The van der Waals surface area contributed by atoms with E-state index in [-0.39, 0.29) is 24.3 Å². The van der Waals surface area contributed by atoms with Gasteiger partial charge in [-0.15, -0.1) is 22.7 Å². The first kappa shape index (κ1) is 20.2. The fraction of sp³-hybridized carbons (Fsp3) is 0.316. The van der Waals surface area contributed by atoms with Crippen LogP contribution >= 0.6 is 22.7 Å². The number of hydrogen-bond donors (Lipinski definition) is 2. The average molecular weight is 419 g/mol. The number of furan rings is 1. The zero-order chi connectivity index (χ0) is 19.9. The second-order valence-electron chi connectivity index (χ2n) is 6.42. The van der Waals surface area contributed by atoms with E-state index in [1.165, 1.54) is 11.3 Å². The number of nitrogens with one attached hydrogen (secondary N) is 2. The van der Waals surface area contributed by atoms with Crippen LogP contribution in [0.2, 0.25) is 0 Å². The molecule has 0 radical (unpaired) electrons. The number of likely N-dealkylation sites (N-methyl/N-ethyl adjacent to an activating group) is 1. The molecule has 0 fully saturated rings. The normalized spacial score (nSPS) is 12.1. The molecule has 3 rings (SSSR count). The van der Waals surface area contributed by atoms with E-state index in [0.29, 0.717) is 23.8 Å². The predicted octanol–water partition coefficient (Wildman–Crippen LogP) is 2.94. The third-order valence-electron chi connectivity index (χ3n) is 4.04. The Kier molecular flexibility index (Phi) is 6.96. The summed E-state index contributed by atoms with van der Waals surface area (Å²) in [6.07, 6.45) is 2.11. The molecular weight excluding hydrogens is 396 g/mol. The number of thiophene rings is 1. The van der Waals surface area contributed by atoms with Gasteiger partial charge in [0.25, 0.3) is 0 Å². The lowest BCUT2D eigenvalue weighted by atomic mass is 10.2. The van der Waals surface area contributed by atoms with Crippen LogP contribution in [0.25, 0.3) is 0 Å². The lowest BCUT2D eigenvalue weighted by Crippen LogP contribution is -2.35. The molecule has 0 aliphatic rings. The molecule has 2 amide bonds. The highest BCUT2D eigenvalue weighted by molar-refractivity contribution is 7.14. The number of hydrogen-bond acceptors (Lipinski definition) is 7. The Bertz CT molecular complexity index is 888. The summed E-state index contributed by atoms with van der Waals surface area (Å²) < 4.78 is 5.44. The number of thiazole rings is 1. The largest absolute Gasteiger partial charge is 0.468 e. The van der Waals surface area contributed by atoms with Crippen molar-refractivity contribution in [3.63, 3.8) is 0 Å². The van der Waals surface area contributed by atoms with Crippen LogP contribution in [0.15, 0.2) is 45.7 Å². The van der Waals surface area contributed by atoms with Crippen LogP contribution in [0.5, 0.6) is 0 Å². The Labute approximate surface area is 171 Å². The van der Waals surface area contributed by atoms with Crippen LogP contribution in [-0.2, 0) is 22.4 Å². The highest BCUT2D eigenvalue weighted by Gasteiger charge is 2.18. The SMILES string of the molecule is CN(C)C(CNC(=O)Cc1csc(NC(=O)Cc2cccs2)n1)c1ccco1. The van der Waals surface area contributed by atoms with Gasteiger partial charge in [0.2, 0.25) is 11.8 Å². The quantitative estimate of drug-likeness (QED) is 0.558. The Morgan fingerprint density at radius 2 is 2.04 bits per heavy atom. The van der Waals surface area contributed by atoms with Gasteiger partial charge in [0, 0.05) is 16.8 Å². The van der Waals surface area contributed by atoms with Crippen LogP contribution in [-0.4, -0.2) is 42.3 Å². The number of nitrogens with zero attached hydrogens (tertiary/aromatic N) is 2. The van der Waals surface area contributed by atoms with Gasteiger partial charge in [-0.2, -0.15) is 0 Å². The van der Waals surface area contributed by atoms with Gasteiger partial charge < -0.3 is 15.1 Å². The monoisotopic (exact) mass is 418 g/mol. The fourth-order valence-corrected chi connectivity index (χ4v) is 4.07. The molecule has 2 N–H and O–H groups in total. The molecule has 0 aromatic carbocycles. The third-order valence-corrected chi connectivity index (χ3v) is 5.73. The molecular formula is C19H22N4O3S2. The van der Waals surface area contributed by atoms with E-state index in [1.807, 2.05) is 48.6 Å². The molecule has 0 bridgehead atoms. The summed E-state index contributed by atoms with van der Waals surface area (Å²) in [5.74, 6) is 0.565. The number of aromatic nitrogens is 1. The first-order chi connectivity index (χ1) is 13.5. The maximum absolute atomic E-state index is 12.3. The number of anilines is 1. The van der Waals surface area contributed by atoms with Crippen molar-refractivity contribution < 1.29 is 14.0 Å². The lowest BCUT2D eigenvalue weighted by Gasteiger charge is -2.22. The van der Waals surface area contributed by atoms with Gasteiger partial charge in [0.05, 0.1) is 30.8 Å². The van der Waals surface area contributed by atoms with Crippen LogP contribution < -0.4 is 10.6 Å². The maximum atomic E-state index is 12.3. The Balaban J connectivity index is 1.47. The number of carbonyl (C=O) groups excluding carboxylic acids is 2. The second kappa shape index (κ2) is 9.63. The second-order valence-corrected chi connectivity index (χ2v) is 8.31. The number of amides is 2. The van der Waals surface area contributed by atoms with Crippen molar-refractivity contribution in [3.8, 4) is 0 Å². The Hall–Kier alpha value is -2.49. The molecule has 3 aromatic heterocycles. The molecule has 1 unspecified atom stereocenters. The fourth-order valence-electron chi connectivity index (χ4n) is 2.64. The molecule has 3 heterocycles. The van der Waals surface area contributed by atoms with Gasteiger partial charge in [0.1, 0.15) is 5.76 Å². The molecule has 1 atom stereocenters. The summed E-state index contributed by atoms with van der Waals surface area (Å²) in [6, 6.07) is 7.52. The first-order valence-corrected chi connectivity index (χ1v) is 10.5. The zero-order valence-electron chi connectivity index (χ0n) is 15.7. The summed E-state index contributed by atoms with van der Waals surface area (Å²) in [7, 11) is 3.87. The summed E-state index contributed by atoms with van der Waals surface area (Å²) in [4.78, 5) is 31.6. The number of carbonyl (C=O) groups is 2. The minimum atomic E-state index is -0.125. The van der Waals surface area contributed by atoms with Gasteiger partial charge in [-0.1, -0.05) is 6.07 Å². The van der Waals surface area contributed by atoms with Gasteiger partial charge in [-0.3, -0.25) is 14.5 Å². The Morgan fingerprint density at radius 3 is 2.71 bits per heavy atom. The molecule has 3 aromatic rings. The molecule has 28 heavy (non-hydrogen) atoms. The summed E-state index contributed by atoms with van der Waals surface area (Å²) in [5.41, 5.74) is 0.633. The van der Waals surface area contributed by atoms with Crippen LogP contribution in [0, 0.1) is 0 Å². The highest BCUT2D eigenvalue weighted by atomic mass is 32.1.